The van der Waals surface area contributed by atoms with Crippen molar-refractivity contribution >= 4 is 65.7 Å². The summed E-state index contributed by atoms with van der Waals surface area (Å²) in [5.74, 6) is 1.76. The molecule has 0 saturated heterocycles. The van der Waals surface area contributed by atoms with E-state index in [-0.39, 0.29) is 0 Å². The summed E-state index contributed by atoms with van der Waals surface area (Å²) in [6.07, 6.45) is 3.53. The highest BCUT2D eigenvalue weighted by Gasteiger charge is 2.19. The highest BCUT2D eigenvalue weighted by Crippen LogP contribution is 2.40. The molecule has 266 valence electrons. The normalized spacial score (nSPS) is 11.9. The molecule has 0 fully saturated rings. The van der Waals surface area contributed by atoms with E-state index in [4.69, 9.17) is 23.8 Å². The third-order valence-corrected chi connectivity index (χ3v) is 11.0. The Kier molecular flexibility index (Phi) is 6.79. The Morgan fingerprint density at radius 1 is 0.386 bits per heavy atom. The molecule has 0 aliphatic carbocycles. The van der Waals surface area contributed by atoms with Crippen molar-refractivity contribution in [2.45, 2.75) is 0 Å². The first-order valence-corrected chi connectivity index (χ1v) is 18.9. The third-order valence-electron chi connectivity index (χ3n) is 11.0. The molecule has 57 heavy (non-hydrogen) atoms. The number of fused-ring (bicyclic) bond motifs is 9. The number of benzene rings is 7. The molecular weight excluding hydrogens is 703 g/mol. The van der Waals surface area contributed by atoms with E-state index in [9.17, 15) is 0 Å². The minimum atomic E-state index is 0.579. The summed E-state index contributed by atoms with van der Waals surface area (Å²) >= 11 is 0. The number of hydrogen-bond acceptors (Lipinski definition) is 6. The monoisotopic (exact) mass is 731 g/mol. The van der Waals surface area contributed by atoms with E-state index in [2.05, 4.69) is 113 Å². The van der Waals surface area contributed by atoms with Crippen molar-refractivity contribution in [3.63, 3.8) is 0 Å². The van der Waals surface area contributed by atoms with Crippen LogP contribution in [-0.2, 0) is 0 Å². The van der Waals surface area contributed by atoms with Crippen LogP contribution < -0.4 is 0 Å². The van der Waals surface area contributed by atoms with Gasteiger partial charge in [0.25, 0.3) is 0 Å². The van der Waals surface area contributed by atoms with E-state index in [1.54, 1.807) is 12.4 Å². The van der Waals surface area contributed by atoms with Gasteiger partial charge in [-0.15, -0.1) is 0 Å². The lowest BCUT2D eigenvalue weighted by Crippen LogP contribution is -2.01. The van der Waals surface area contributed by atoms with Gasteiger partial charge < -0.3 is 13.4 Å². The molecule has 12 aromatic rings. The van der Waals surface area contributed by atoms with Gasteiger partial charge in [0.1, 0.15) is 16.7 Å². The first kappa shape index (κ1) is 31.5. The van der Waals surface area contributed by atoms with Gasteiger partial charge in [0.2, 0.25) is 0 Å². The zero-order valence-electron chi connectivity index (χ0n) is 30.3. The average Bonchev–Trinajstić information content (AvgIpc) is 3.96. The van der Waals surface area contributed by atoms with Gasteiger partial charge >= 0.3 is 0 Å². The molecule has 0 spiro atoms. The molecule has 0 aliphatic heterocycles. The van der Waals surface area contributed by atoms with Crippen molar-refractivity contribution in [2.24, 2.45) is 0 Å². The Morgan fingerprint density at radius 3 is 1.95 bits per heavy atom. The quantitative estimate of drug-likeness (QED) is 0.175. The summed E-state index contributed by atoms with van der Waals surface area (Å²) in [6, 6.07) is 56.5. The molecule has 7 heteroatoms. The molecule has 0 saturated carbocycles. The lowest BCUT2D eigenvalue weighted by atomic mass is 10.0. The number of furan rings is 2. The van der Waals surface area contributed by atoms with Crippen LogP contribution in [0.5, 0.6) is 0 Å². The van der Waals surface area contributed by atoms with Crippen LogP contribution in [0.1, 0.15) is 0 Å². The van der Waals surface area contributed by atoms with Gasteiger partial charge in [-0.3, -0.25) is 4.98 Å². The molecule has 0 unspecified atom stereocenters. The van der Waals surface area contributed by atoms with Crippen molar-refractivity contribution in [3.8, 4) is 51.0 Å². The van der Waals surface area contributed by atoms with Crippen LogP contribution in [-0.4, -0.2) is 24.5 Å². The van der Waals surface area contributed by atoms with Gasteiger partial charge in [0.15, 0.2) is 23.1 Å². The van der Waals surface area contributed by atoms with Crippen LogP contribution in [0.15, 0.2) is 185 Å². The Morgan fingerprint density at radius 2 is 1.05 bits per heavy atom. The fourth-order valence-corrected chi connectivity index (χ4v) is 8.30. The molecule has 0 bridgehead atoms. The van der Waals surface area contributed by atoms with Crippen LogP contribution >= 0.6 is 0 Å². The fourth-order valence-electron chi connectivity index (χ4n) is 8.30. The molecule has 5 aromatic heterocycles. The predicted octanol–water partition coefficient (Wildman–Crippen LogP) is 12.8. The number of rotatable bonds is 5. The smallest absolute Gasteiger partial charge is 0.164 e. The number of nitrogens with zero attached hydrogens (tertiary/aromatic N) is 5. The van der Waals surface area contributed by atoms with E-state index in [0.29, 0.717) is 17.5 Å². The molecule has 7 nitrogen and oxygen atoms in total. The van der Waals surface area contributed by atoms with Crippen LogP contribution in [0.3, 0.4) is 0 Å². The molecule has 0 radical (unpaired) electrons. The van der Waals surface area contributed by atoms with Crippen LogP contribution in [0.25, 0.3) is 117 Å². The zero-order valence-corrected chi connectivity index (χ0v) is 30.3. The van der Waals surface area contributed by atoms with Crippen molar-refractivity contribution in [2.75, 3.05) is 0 Å². The van der Waals surface area contributed by atoms with Gasteiger partial charge in [0, 0.05) is 66.5 Å². The largest absolute Gasteiger partial charge is 0.455 e. The number of para-hydroxylation sites is 3. The highest BCUT2D eigenvalue weighted by atomic mass is 16.3. The second-order valence-electron chi connectivity index (χ2n) is 14.3. The lowest BCUT2D eigenvalue weighted by Gasteiger charge is -2.12. The van der Waals surface area contributed by atoms with Crippen molar-refractivity contribution < 1.29 is 8.83 Å². The van der Waals surface area contributed by atoms with Crippen LogP contribution in [0.4, 0.5) is 0 Å². The molecule has 5 heterocycles. The first-order chi connectivity index (χ1) is 28.2. The third kappa shape index (κ3) is 4.99. The summed E-state index contributed by atoms with van der Waals surface area (Å²) in [5.41, 5.74) is 11.3. The van der Waals surface area contributed by atoms with Gasteiger partial charge in [-0.2, -0.15) is 0 Å². The van der Waals surface area contributed by atoms with Crippen molar-refractivity contribution in [1.29, 1.82) is 0 Å². The second-order valence-corrected chi connectivity index (χ2v) is 14.3. The predicted molar refractivity (Wildman–Crippen MR) is 228 cm³/mol. The number of hydrogen-bond donors (Lipinski definition) is 0. The van der Waals surface area contributed by atoms with Crippen molar-refractivity contribution in [3.05, 3.63) is 176 Å². The molecule has 7 aromatic carbocycles. The summed E-state index contributed by atoms with van der Waals surface area (Å²) in [5, 5.41) is 6.55. The van der Waals surface area contributed by atoms with Crippen molar-refractivity contribution in [1.82, 2.24) is 24.5 Å². The topological polar surface area (TPSA) is 82.8 Å². The van der Waals surface area contributed by atoms with Gasteiger partial charge in [0.05, 0.1) is 17.2 Å². The summed E-state index contributed by atoms with van der Waals surface area (Å²) in [4.78, 5) is 19.5. The lowest BCUT2D eigenvalue weighted by molar-refractivity contribution is 0.667. The Bertz CT molecular complexity index is 3540. The fraction of sp³-hybridized carbons (Fsp3) is 0. The Balaban J connectivity index is 1.04. The summed E-state index contributed by atoms with van der Waals surface area (Å²) in [7, 11) is 0. The SMILES string of the molecule is c1ccc(-c2nc(-c3cccc(-n4c5ccccc5c5ccc(-c6cccc7c6oc6ccccc67)cc54)c3)nc(-c3ccc4oc5cnccc5c4c3)n2)cc1. The zero-order chi connectivity index (χ0) is 37.5. The molecule has 0 aliphatic rings. The molecule has 0 atom stereocenters. The number of aromatic nitrogens is 5. The summed E-state index contributed by atoms with van der Waals surface area (Å²) < 4.78 is 14.9. The molecular formula is C50H29N5O2. The van der Waals surface area contributed by atoms with E-state index in [1.165, 1.54) is 10.8 Å². The van der Waals surface area contributed by atoms with Crippen LogP contribution in [0.2, 0.25) is 0 Å². The highest BCUT2D eigenvalue weighted by molar-refractivity contribution is 6.13. The summed E-state index contributed by atoms with van der Waals surface area (Å²) in [6.45, 7) is 0. The standard InChI is InChI=1S/C50H29N5O2/c1-2-10-30(11-3-1)48-52-49(54-50(53-48)33-21-23-45-41(27-33)39-24-25-51-29-46(39)56-45)32-12-8-13-34(26-32)55-42-18-6-4-14-36(42)37-22-20-31(28-43(37)55)35-16-9-17-40-38-15-5-7-19-44(38)57-47(35)40/h1-29H. The van der Waals surface area contributed by atoms with Gasteiger partial charge in [-0.1, -0.05) is 109 Å². The van der Waals surface area contributed by atoms with E-state index in [0.717, 1.165) is 88.4 Å². The minimum Gasteiger partial charge on any atom is -0.455 e. The second kappa shape index (κ2) is 12.3. The molecule has 0 amide bonds. The van der Waals surface area contributed by atoms with E-state index >= 15 is 0 Å². The molecule has 12 rings (SSSR count). The maximum Gasteiger partial charge on any atom is 0.164 e. The first-order valence-electron chi connectivity index (χ1n) is 18.9. The Labute approximate surface area is 325 Å². The molecule has 0 N–H and O–H groups in total. The van der Waals surface area contributed by atoms with E-state index in [1.807, 2.05) is 60.7 Å². The van der Waals surface area contributed by atoms with E-state index < -0.39 is 0 Å². The van der Waals surface area contributed by atoms with Gasteiger partial charge in [-0.25, -0.2) is 15.0 Å². The van der Waals surface area contributed by atoms with Gasteiger partial charge in [-0.05, 0) is 60.2 Å². The Hall–Kier alpha value is -7.90. The maximum absolute atomic E-state index is 6.47. The maximum atomic E-state index is 6.47. The average molecular weight is 732 g/mol. The minimum absolute atomic E-state index is 0.579. The van der Waals surface area contributed by atoms with Crippen LogP contribution in [0, 0.1) is 0 Å². The number of pyridine rings is 1.